The first-order valence-corrected chi connectivity index (χ1v) is 8.56. The number of rotatable bonds is 2. The van der Waals surface area contributed by atoms with Crippen molar-refractivity contribution in [2.24, 2.45) is 11.7 Å². The van der Waals surface area contributed by atoms with E-state index in [-0.39, 0.29) is 0 Å². The number of hydrogen-bond donors (Lipinski definition) is 1. The van der Waals surface area contributed by atoms with Crippen LogP contribution in [-0.2, 0) is 0 Å². The first kappa shape index (κ1) is 12.6. The van der Waals surface area contributed by atoms with Crippen LogP contribution in [-0.4, -0.2) is 53.6 Å². The fourth-order valence-corrected chi connectivity index (χ4v) is 5.90. The summed E-state index contributed by atoms with van der Waals surface area (Å²) in [6, 6.07) is 1.65. The maximum atomic E-state index is 6.37. The Morgan fingerprint density at radius 1 is 0.947 bits per heavy atom. The third-order valence-electron chi connectivity index (χ3n) is 6.73. The van der Waals surface area contributed by atoms with Crippen molar-refractivity contribution in [3.63, 3.8) is 0 Å². The molecule has 0 aromatic carbocycles. The molecule has 4 unspecified atom stereocenters. The fraction of sp³-hybridized carbons (Fsp3) is 1.00. The summed E-state index contributed by atoms with van der Waals surface area (Å²) < 4.78 is 0. The molecule has 3 aliphatic heterocycles. The second-order valence-corrected chi connectivity index (χ2v) is 7.35. The van der Waals surface area contributed by atoms with E-state index in [0.717, 1.165) is 24.5 Å². The van der Waals surface area contributed by atoms with Gasteiger partial charge in [0.15, 0.2) is 0 Å². The van der Waals surface area contributed by atoms with Crippen LogP contribution < -0.4 is 5.73 Å². The van der Waals surface area contributed by atoms with Crippen molar-refractivity contribution in [3.05, 3.63) is 0 Å². The highest BCUT2D eigenvalue weighted by atomic mass is 15.3. The Bertz CT molecular complexity index is 345. The SMILES string of the molecule is NCC1(N2CCCC3CCCC32)CCN2CCCC21. The van der Waals surface area contributed by atoms with Gasteiger partial charge in [-0.1, -0.05) is 6.42 Å². The van der Waals surface area contributed by atoms with Crippen molar-refractivity contribution >= 4 is 0 Å². The van der Waals surface area contributed by atoms with Gasteiger partial charge in [0.25, 0.3) is 0 Å². The Hall–Kier alpha value is -0.120. The summed E-state index contributed by atoms with van der Waals surface area (Å²) in [4.78, 5) is 5.66. The lowest BCUT2D eigenvalue weighted by atomic mass is 9.80. The third kappa shape index (κ3) is 1.74. The van der Waals surface area contributed by atoms with Gasteiger partial charge >= 0.3 is 0 Å². The van der Waals surface area contributed by atoms with Crippen molar-refractivity contribution in [1.82, 2.24) is 9.80 Å². The summed E-state index contributed by atoms with van der Waals surface area (Å²) in [6.45, 7) is 4.84. The van der Waals surface area contributed by atoms with E-state index in [1.54, 1.807) is 0 Å². The summed E-state index contributed by atoms with van der Waals surface area (Å²) in [6.07, 6.45) is 11.4. The number of fused-ring (bicyclic) bond motifs is 2. The maximum absolute atomic E-state index is 6.37. The van der Waals surface area contributed by atoms with Crippen molar-refractivity contribution in [3.8, 4) is 0 Å². The van der Waals surface area contributed by atoms with Gasteiger partial charge < -0.3 is 5.73 Å². The molecule has 3 heteroatoms. The molecule has 0 bridgehead atoms. The minimum Gasteiger partial charge on any atom is -0.329 e. The monoisotopic (exact) mass is 263 g/mol. The van der Waals surface area contributed by atoms with Crippen molar-refractivity contribution < 1.29 is 0 Å². The number of likely N-dealkylation sites (tertiary alicyclic amines) is 1. The Morgan fingerprint density at radius 3 is 2.68 bits per heavy atom. The number of hydrogen-bond acceptors (Lipinski definition) is 3. The summed E-state index contributed by atoms with van der Waals surface area (Å²) >= 11 is 0. The van der Waals surface area contributed by atoms with Gasteiger partial charge in [0.1, 0.15) is 0 Å². The molecule has 4 fully saturated rings. The van der Waals surface area contributed by atoms with Gasteiger partial charge in [0.05, 0.1) is 5.54 Å². The van der Waals surface area contributed by atoms with Gasteiger partial charge in [-0.05, 0) is 64.0 Å². The normalized spacial score (nSPS) is 47.5. The van der Waals surface area contributed by atoms with Gasteiger partial charge in [-0.25, -0.2) is 0 Å². The van der Waals surface area contributed by atoms with Gasteiger partial charge in [-0.3, -0.25) is 9.80 Å². The molecule has 1 aliphatic carbocycles. The highest BCUT2D eigenvalue weighted by molar-refractivity contribution is 5.12. The second kappa shape index (κ2) is 4.71. The fourth-order valence-electron chi connectivity index (χ4n) is 5.90. The van der Waals surface area contributed by atoms with Crippen LogP contribution in [0.15, 0.2) is 0 Å². The second-order valence-electron chi connectivity index (χ2n) is 7.35. The Balaban J connectivity index is 1.64. The molecule has 0 radical (unpaired) electrons. The van der Waals surface area contributed by atoms with Crippen LogP contribution in [0.4, 0.5) is 0 Å². The summed E-state index contributed by atoms with van der Waals surface area (Å²) in [5.74, 6) is 0.993. The van der Waals surface area contributed by atoms with Gasteiger partial charge in [-0.15, -0.1) is 0 Å². The lowest BCUT2D eigenvalue weighted by molar-refractivity contribution is -0.0118. The van der Waals surface area contributed by atoms with Crippen LogP contribution in [0.3, 0.4) is 0 Å². The molecule has 3 heterocycles. The van der Waals surface area contributed by atoms with Crippen molar-refractivity contribution in [2.45, 2.75) is 69.0 Å². The summed E-state index contributed by atoms with van der Waals surface area (Å²) in [7, 11) is 0. The standard InChI is InChI=1S/C16H29N3/c17-12-16(8-11-18-9-3-7-15(16)18)19-10-2-5-13-4-1-6-14(13)19/h13-15H,1-12,17H2. The van der Waals surface area contributed by atoms with Gasteiger partial charge in [0, 0.05) is 25.2 Å². The predicted molar refractivity (Wildman–Crippen MR) is 78.1 cm³/mol. The maximum Gasteiger partial charge on any atom is 0.0501 e. The van der Waals surface area contributed by atoms with E-state index in [4.69, 9.17) is 5.73 Å². The molecule has 4 atom stereocenters. The number of piperidine rings is 1. The van der Waals surface area contributed by atoms with Crippen LogP contribution in [0.25, 0.3) is 0 Å². The van der Waals surface area contributed by atoms with E-state index < -0.39 is 0 Å². The molecule has 1 saturated carbocycles. The largest absolute Gasteiger partial charge is 0.329 e. The summed E-state index contributed by atoms with van der Waals surface area (Å²) in [5.41, 5.74) is 6.71. The lowest BCUT2D eigenvalue weighted by Crippen LogP contribution is -2.64. The van der Waals surface area contributed by atoms with Gasteiger partial charge in [0.2, 0.25) is 0 Å². The van der Waals surface area contributed by atoms with E-state index in [1.165, 1.54) is 71.0 Å². The predicted octanol–water partition coefficient (Wildman–Crippen LogP) is 1.82. The zero-order valence-electron chi connectivity index (χ0n) is 12.2. The lowest BCUT2D eigenvalue weighted by Gasteiger charge is -2.51. The van der Waals surface area contributed by atoms with E-state index in [0.29, 0.717) is 5.54 Å². The molecular weight excluding hydrogens is 234 g/mol. The van der Waals surface area contributed by atoms with Crippen LogP contribution >= 0.6 is 0 Å². The molecule has 4 aliphatic rings. The minimum absolute atomic E-state index is 0.337. The molecular formula is C16H29N3. The quantitative estimate of drug-likeness (QED) is 0.825. The first-order chi connectivity index (χ1) is 9.35. The van der Waals surface area contributed by atoms with Crippen LogP contribution in [0, 0.1) is 5.92 Å². The molecule has 3 saturated heterocycles. The first-order valence-electron chi connectivity index (χ1n) is 8.56. The smallest absolute Gasteiger partial charge is 0.0501 e. The molecule has 2 N–H and O–H groups in total. The molecule has 0 aromatic heterocycles. The van der Waals surface area contributed by atoms with Crippen molar-refractivity contribution in [1.29, 1.82) is 0 Å². The third-order valence-corrected chi connectivity index (χ3v) is 6.73. The molecule has 0 aromatic rings. The van der Waals surface area contributed by atoms with E-state index in [1.807, 2.05) is 0 Å². The van der Waals surface area contributed by atoms with E-state index >= 15 is 0 Å². The highest BCUT2D eigenvalue weighted by Crippen LogP contribution is 2.46. The number of nitrogens with two attached hydrogens (primary N) is 1. The Labute approximate surface area is 117 Å². The van der Waals surface area contributed by atoms with E-state index in [2.05, 4.69) is 9.80 Å². The zero-order valence-corrected chi connectivity index (χ0v) is 12.2. The average molecular weight is 263 g/mol. The Morgan fingerprint density at radius 2 is 1.79 bits per heavy atom. The molecule has 0 amide bonds. The highest BCUT2D eigenvalue weighted by Gasteiger charge is 2.54. The van der Waals surface area contributed by atoms with Crippen LogP contribution in [0.1, 0.15) is 51.4 Å². The summed E-state index contributed by atoms with van der Waals surface area (Å²) in [5, 5.41) is 0. The van der Waals surface area contributed by atoms with Crippen molar-refractivity contribution in [2.75, 3.05) is 26.2 Å². The molecule has 19 heavy (non-hydrogen) atoms. The topological polar surface area (TPSA) is 32.5 Å². The van der Waals surface area contributed by atoms with Gasteiger partial charge in [-0.2, -0.15) is 0 Å². The minimum atomic E-state index is 0.337. The average Bonchev–Trinajstić information content (AvgIpc) is 3.14. The van der Waals surface area contributed by atoms with Crippen LogP contribution in [0.5, 0.6) is 0 Å². The molecule has 0 spiro atoms. The molecule has 4 rings (SSSR count). The Kier molecular flexibility index (Phi) is 3.13. The molecule has 3 nitrogen and oxygen atoms in total. The van der Waals surface area contributed by atoms with Crippen LogP contribution in [0.2, 0.25) is 0 Å². The van der Waals surface area contributed by atoms with E-state index in [9.17, 15) is 0 Å². The zero-order chi connectivity index (χ0) is 12.9. The molecule has 108 valence electrons. The number of nitrogens with zero attached hydrogens (tertiary/aromatic N) is 2.